The number of hydrogen-bond donors (Lipinski definition) is 0. The predicted molar refractivity (Wildman–Crippen MR) is 77.6 cm³/mol. The van der Waals surface area contributed by atoms with E-state index in [4.69, 9.17) is 11.6 Å². The van der Waals surface area contributed by atoms with Gasteiger partial charge in [0.15, 0.2) is 5.69 Å². The van der Waals surface area contributed by atoms with Gasteiger partial charge in [-0.2, -0.15) is 5.10 Å². The highest BCUT2D eigenvalue weighted by Gasteiger charge is 2.32. The zero-order chi connectivity index (χ0) is 15.0. The second kappa shape index (κ2) is 5.48. The number of aromatic nitrogens is 2. The molecule has 2 heterocycles. The van der Waals surface area contributed by atoms with E-state index in [0.29, 0.717) is 11.6 Å². The van der Waals surface area contributed by atoms with Crippen molar-refractivity contribution in [3.8, 4) is 0 Å². The molecule has 1 fully saturated rings. The van der Waals surface area contributed by atoms with E-state index in [1.54, 1.807) is 24.2 Å². The maximum atomic E-state index is 13.4. The highest BCUT2D eigenvalue weighted by Crippen LogP contribution is 2.34. The minimum Gasteiger partial charge on any atom is -0.330 e. The Hall–Kier alpha value is -1.88. The first-order chi connectivity index (χ1) is 10.1. The summed E-state index contributed by atoms with van der Waals surface area (Å²) in [7, 11) is 1.72. The van der Waals surface area contributed by atoms with Gasteiger partial charge >= 0.3 is 0 Å². The van der Waals surface area contributed by atoms with Crippen LogP contribution in [0.15, 0.2) is 30.5 Å². The van der Waals surface area contributed by atoms with Gasteiger partial charge in [0, 0.05) is 19.8 Å². The van der Waals surface area contributed by atoms with Crippen molar-refractivity contribution in [2.24, 2.45) is 7.05 Å². The van der Waals surface area contributed by atoms with E-state index in [9.17, 15) is 9.18 Å². The predicted octanol–water partition coefficient (Wildman–Crippen LogP) is 3.19. The number of halogens is 2. The van der Waals surface area contributed by atoms with Crippen molar-refractivity contribution in [1.29, 1.82) is 0 Å². The lowest BCUT2D eigenvalue weighted by molar-refractivity contribution is 0.0729. The Morgan fingerprint density at radius 2 is 2.29 bits per heavy atom. The van der Waals surface area contributed by atoms with Crippen LogP contribution in [-0.4, -0.2) is 27.1 Å². The first kappa shape index (κ1) is 14.1. The van der Waals surface area contributed by atoms with Crippen LogP contribution in [0.1, 0.15) is 34.9 Å². The molecule has 6 heteroatoms. The molecule has 1 aromatic carbocycles. The van der Waals surface area contributed by atoms with Crippen LogP contribution in [0.3, 0.4) is 0 Å². The topological polar surface area (TPSA) is 38.1 Å². The molecule has 0 bridgehead atoms. The van der Waals surface area contributed by atoms with Crippen molar-refractivity contribution < 1.29 is 9.18 Å². The number of likely N-dealkylation sites (tertiary alicyclic amines) is 1. The van der Waals surface area contributed by atoms with Crippen LogP contribution in [0.25, 0.3) is 0 Å². The summed E-state index contributed by atoms with van der Waals surface area (Å²) >= 11 is 6.05. The van der Waals surface area contributed by atoms with Gasteiger partial charge in [-0.15, -0.1) is 0 Å². The molecule has 3 rings (SSSR count). The lowest BCUT2D eigenvalue weighted by Crippen LogP contribution is -2.31. The standard InChI is InChI=1S/C15H15ClFN3O/c1-19-9-12(16)14(18-19)15(21)20-7-3-6-13(20)10-4-2-5-11(17)8-10/h2,4-5,8-9,13H,3,6-7H2,1H3/t13-/m0/s1. The fourth-order valence-corrected chi connectivity index (χ4v) is 3.07. The summed E-state index contributed by atoms with van der Waals surface area (Å²) in [5, 5.41) is 4.46. The lowest BCUT2D eigenvalue weighted by Gasteiger charge is -2.24. The number of carbonyl (C=O) groups excluding carboxylic acids is 1. The Labute approximate surface area is 127 Å². The average molecular weight is 308 g/mol. The number of amides is 1. The van der Waals surface area contributed by atoms with Crippen molar-refractivity contribution in [3.05, 3.63) is 52.6 Å². The highest BCUT2D eigenvalue weighted by atomic mass is 35.5. The van der Waals surface area contributed by atoms with Crippen LogP contribution < -0.4 is 0 Å². The molecule has 1 saturated heterocycles. The Morgan fingerprint density at radius 3 is 2.95 bits per heavy atom. The van der Waals surface area contributed by atoms with Crippen LogP contribution in [-0.2, 0) is 7.05 Å². The van der Waals surface area contributed by atoms with E-state index >= 15 is 0 Å². The molecule has 4 nitrogen and oxygen atoms in total. The molecule has 0 radical (unpaired) electrons. The number of nitrogens with zero attached hydrogens (tertiary/aromatic N) is 3. The minimum atomic E-state index is -0.289. The number of benzene rings is 1. The van der Waals surface area contributed by atoms with Crippen LogP contribution in [0.4, 0.5) is 4.39 Å². The maximum absolute atomic E-state index is 13.4. The Kier molecular flexibility index (Phi) is 3.68. The number of carbonyl (C=O) groups is 1. The molecule has 21 heavy (non-hydrogen) atoms. The maximum Gasteiger partial charge on any atom is 0.276 e. The van der Waals surface area contributed by atoms with E-state index in [1.165, 1.54) is 16.8 Å². The van der Waals surface area contributed by atoms with Crippen LogP contribution in [0.2, 0.25) is 5.02 Å². The summed E-state index contributed by atoms with van der Waals surface area (Å²) in [6.07, 6.45) is 3.30. The van der Waals surface area contributed by atoms with Gasteiger partial charge in [0.05, 0.1) is 11.1 Å². The van der Waals surface area contributed by atoms with Crippen molar-refractivity contribution in [2.45, 2.75) is 18.9 Å². The van der Waals surface area contributed by atoms with E-state index in [-0.39, 0.29) is 23.5 Å². The molecule has 0 unspecified atom stereocenters. The zero-order valence-corrected chi connectivity index (χ0v) is 12.3. The van der Waals surface area contributed by atoms with Gasteiger partial charge in [0.2, 0.25) is 0 Å². The first-order valence-electron chi connectivity index (χ1n) is 6.82. The smallest absolute Gasteiger partial charge is 0.276 e. The lowest BCUT2D eigenvalue weighted by atomic mass is 10.0. The number of hydrogen-bond acceptors (Lipinski definition) is 2. The van der Waals surface area contributed by atoms with Crippen molar-refractivity contribution in [3.63, 3.8) is 0 Å². The molecular weight excluding hydrogens is 293 g/mol. The molecule has 1 amide bonds. The molecule has 1 aromatic heterocycles. The van der Waals surface area contributed by atoms with Gasteiger partial charge < -0.3 is 4.90 Å². The molecule has 110 valence electrons. The third-order valence-electron chi connectivity index (χ3n) is 3.73. The molecule has 0 aliphatic carbocycles. The van der Waals surface area contributed by atoms with Gasteiger partial charge in [-0.3, -0.25) is 9.48 Å². The molecule has 1 atom stereocenters. The van der Waals surface area contributed by atoms with E-state index in [0.717, 1.165) is 18.4 Å². The second-order valence-corrected chi connectivity index (χ2v) is 5.62. The van der Waals surface area contributed by atoms with Gasteiger partial charge in [-0.05, 0) is 30.5 Å². The molecule has 0 N–H and O–H groups in total. The summed E-state index contributed by atoms with van der Waals surface area (Å²) < 4.78 is 14.9. The average Bonchev–Trinajstić information content (AvgIpc) is 3.04. The highest BCUT2D eigenvalue weighted by molar-refractivity contribution is 6.33. The Morgan fingerprint density at radius 1 is 1.48 bits per heavy atom. The number of rotatable bonds is 2. The summed E-state index contributed by atoms with van der Waals surface area (Å²) in [5.41, 5.74) is 1.07. The van der Waals surface area contributed by atoms with Crippen molar-refractivity contribution in [1.82, 2.24) is 14.7 Å². The summed E-state index contributed by atoms with van der Waals surface area (Å²) in [5.74, 6) is -0.491. The second-order valence-electron chi connectivity index (χ2n) is 5.21. The van der Waals surface area contributed by atoms with Crippen molar-refractivity contribution >= 4 is 17.5 Å². The van der Waals surface area contributed by atoms with E-state index in [1.807, 2.05) is 6.07 Å². The minimum absolute atomic E-state index is 0.119. The third kappa shape index (κ3) is 2.65. The summed E-state index contributed by atoms with van der Waals surface area (Å²) in [6.45, 7) is 0.632. The SMILES string of the molecule is Cn1cc(Cl)c(C(=O)N2CCC[C@H]2c2cccc(F)c2)n1. The molecule has 0 saturated carbocycles. The fourth-order valence-electron chi connectivity index (χ4n) is 2.81. The molecular formula is C15H15ClFN3O. The monoisotopic (exact) mass is 307 g/mol. The third-order valence-corrected chi connectivity index (χ3v) is 4.01. The molecule has 0 spiro atoms. The Bertz CT molecular complexity index is 685. The Balaban J connectivity index is 1.90. The zero-order valence-electron chi connectivity index (χ0n) is 11.6. The largest absolute Gasteiger partial charge is 0.330 e. The van der Waals surface area contributed by atoms with Crippen LogP contribution >= 0.6 is 11.6 Å². The van der Waals surface area contributed by atoms with Crippen molar-refractivity contribution in [2.75, 3.05) is 6.54 Å². The van der Waals surface area contributed by atoms with Gasteiger partial charge in [0.1, 0.15) is 5.82 Å². The van der Waals surface area contributed by atoms with Gasteiger partial charge in [0.25, 0.3) is 5.91 Å². The van der Waals surface area contributed by atoms with Gasteiger partial charge in [-0.25, -0.2) is 4.39 Å². The van der Waals surface area contributed by atoms with Gasteiger partial charge in [-0.1, -0.05) is 23.7 Å². The normalized spacial score (nSPS) is 18.2. The van der Waals surface area contributed by atoms with E-state index < -0.39 is 0 Å². The van der Waals surface area contributed by atoms with Crippen LogP contribution in [0.5, 0.6) is 0 Å². The molecule has 1 aliphatic heterocycles. The van der Waals surface area contributed by atoms with Crippen LogP contribution in [0, 0.1) is 5.82 Å². The fraction of sp³-hybridized carbons (Fsp3) is 0.333. The molecule has 1 aliphatic rings. The number of aryl methyl sites for hydroxylation is 1. The summed E-state index contributed by atoms with van der Waals surface area (Å²) in [4.78, 5) is 14.3. The molecule has 2 aromatic rings. The quantitative estimate of drug-likeness (QED) is 0.854. The summed E-state index contributed by atoms with van der Waals surface area (Å²) in [6, 6.07) is 6.28. The van der Waals surface area contributed by atoms with E-state index in [2.05, 4.69) is 5.10 Å². The first-order valence-corrected chi connectivity index (χ1v) is 7.19.